The molecule has 2 bridgehead atoms. The monoisotopic (exact) mass is 196 g/mol. The van der Waals surface area contributed by atoms with E-state index in [9.17, 15) is 0 Å². The van der Waals surface area contributed by atoms with E-state index in [0.717, 1.165) is 12.8 Å². The van der Waals surface area contributed by atoms with Gasteiger partial charge in [0, 0.05) is 11.3 Å². The van der Waals surface area contributed by atoms with Crippen LogP contribution in [-0.2, 0) is 0 Å². The van der Waals surface area contributed by atoms with Crippen LogP contribution in [0.5, 0.6) is 0 Å². The van der Waals surface area contributed by atoms with Gasteiger partial charge in [-0.15, -0.1) is 0 Å². The number of fused-ring (bicyclic) bond motifs is 2. The predicted octanol–water partition coefficient (Wildman–Crippen LogP) is 2.10. The lowest BCUT2D eigenvalue weighted by molar-refractivity contribution is 0.200. The molecule has 0 aromatic carbocycles. The first-order chi connectivity index (χ1) is 6.49. The van der Waals surface area contributed by atoms with Crippen molar-refractivity contribution in [1.29, 1.82) is 0 Å². The van der Waals surface area contributed by atoms with Crippen molar-refractivity contribution in [2.45, 2.75) is 33.6 Å². The summed E-state index contributed by atoms with van der Waals surface area (Å²) in [5.74, 6) is 0.225. The highest BCUT2D eigenvalue weighted by molar-refractivity contribution is 6.47. The van der Waals surface area contributed by atoms with Crippen LogP contribution in [0.15, 0.2) is 10.3 Å². The molecule has 78 valence electrons. The molecule has 2 rings (SSSR count). The Hall–Kier alpha value is -1.06. The fourth-order valence-electron chi connectivity index (χ4n) is 3.13. The molecule has 2 fully saturated rings. The van der Waals surface area contributed by atoms with Gasteiger partial charge in [-0.2, -0.15) is 0 Å². The van der Waals surface area contributed by atoms with Gasteiger partial charge in [-0.1, -0.05) is 31.1 Å². The molecule has 0 unspecified atom stereocenters. The first kappa shape index (κ1) is 9.49. The topological polar surface area (TPSA) is 65.2 Å². The first-order valence-electron chi connectivity index (χ1n) is 4.94. The fourth-order valence-corrected chi connectivity index (χ4v) is 3.13. The number of oxime groups is 2. The minimum absolute atomic E-state index is 0.0239. The number of hydrogen-bond acceptors (Lipinski definition) is 4. The summed E-state index contributed by atoms with van der Waals surface area (Å²) < 4.78 is 0. The Labute approximate surface area is 83.3 Å². The minimum Gasteiger partial charge on any atom is -0.411 e. The van der Waals surface area contributed by atoms with Gasteiger partial charge in [-0.05, 0) is 18.3 Å². The average Bonchev–Trinajstić information content (AvgIpc) is 2.46. The van der Waals surface area contributed by atoms with E-state index in [4.69, 9.17) is 10.4 Å². The molecule has 0 spiro atoms. The van der Waals surface area contributed by atoms with Crippen molar-refractivity contribution in [2.75, 3.05) is 0 Å². The molecule has 0 aromatic heterocycles. The maximum absolute atomic E-state index is 8.98. The van der Waals surface area contributed by atoms with Crippen LogP contribution in [0.3, 0.4) is 0 Å². The molecule has 4 nitrogen and oxygen atoms in total. The summed E-state index contributed by atoms with van der Waals surface area (Å²) in [7, 11) is 0. The second-order valence-electron chi connectivity index (χ2n) is 5.08. The quantitative estimate of drug-likeness (QED) is 0.460. The van der Waals surface area contributed by atoms with Crippen molar-refractivity contribution < 1.29 is 10.4 Å². The van der Waals surface area contributed by atoms with Gasteiger partial charge >= 0.3 is 0 Å². The lowest BCUT2D eigenvalue weighted by Crippen LogP contribution is -2.33. The Morgan fingerprint density at radius 3 is 2.29 bits per heavy atom. The van der Waals surface area contributed by atoms with Gasteiger partial charge in [-0.3, -0.25) is 0 Å². The fraction of sp³-hybridized carbons (Fsp3) is 0.800. The summed E-state index contributed by atoms with van der Waals surface area (Å²) >= 11 is 0. The molecule has 2 atom stereocenters. The summed E-state index contributed by atoms with van der Waals surface area (Å²) in [6.45, 7) is 6.38. The molecular formula is C10H16N2O2. The van der Waals surface area contributed by atoms with Crippen LogP contribution in [0.1, 0.15) is 33.6 Å². The summed E-state index contributed by atoms with van der Waals surface area (Å²) in [6.07, 6.45) is 2.02. The highest BCUT2D eigenvalue weighted by atomic mass is 16.4. The summed E-state index contributed by atoms with van der Waals surface area (Å²) in [4.78, 5) is 0. The Balaban J connectivity index is 2.60. The molecule has 0 aromatic rings. The van der Waals surface area contributed by atoms with Crippen LogP contribution in [0.4, 0.5) is 0 Å². The zero-order valence-electron chi connectivity index (χ0n) is 8.78. The van der Waals surface area contributed by atoms with E-state index < -0.39 is 0 Å². The number of rotatable bonds is 0. The van der Waals surface area contributed by atoms with E-state index in [1.807, 2.05) is 0 Å². The normalized spacial score (nSPS) is 45.2. The third-order valence-corrected chi connectivity index (χ3v) is 4.53. The highest BCUT2D eigenvalue weighted by Gasteiger charge is 2.64. The Morgan fingerprint density at radius 2 is 1.86 bits per heavy atom. The lowest BCUT2D eigenvalue weighted by Gasteiger charge is -2.32. The van der Waals surface area contributed by atoms with Crippen molar-refractivity contribution in [3.05, 3.63) is 0 Å². The zero-order chi connectivity index (χ0) is 10.6. The van der Waals surface area contributed by atoms with E-state index in [2.05, 4.69) is 31.1 Å². The van der Waals surface area contributed by atoms with Gasteiger partial charge < -0.3 is 10.4 Å². The van der Waals surface area contributed by atoms with E-state index in [0.29, 0.717) is 11.4 Å². The molecule has 4 heteroatoms. The van der Waals surface area contributed by atoms with Gasteiger partial charge in [0.15, 0.2) is 0 Å². The van der Waals surface area contributed by atoms with Crippen LogP contribution >= 0.6 is 0 Å². The Kier molecular flexibility index (Phi) is 1.69. The van der Waals surface area contributed by atoms with Gasteiger partial charge in [-0.25, -0.2) is 0 Å². The van der Waals surface area contributed by atoms with E-state index in [-0.39, 0.29) is 16.7 Å². The molecule has 0 saturated heterocycles. The smallest absolute Gasteiger partial charge is 0.111 e. The van der Waals surface area contributed by atoms with Crippen LogP contribution in [0.25, 0.3) is 0 Å². The second kappa shape index (κ2) is 2.49. The summed E-state index contributed by atoms with van der Waals surface area (Å²) in [5, 5.41) is 24.5. The lowest BCUT2D eigenvalue weighted by atomic mass is 9.70. The van der Waals surface area contributed by atoms with E-state index in [1.54, 1.807) is 0 Å². The molecule has 0 heterocycles. The molecule has 14 heavy (non-hydrogen) atoms. The van der Waals surface area contributed by atoms with Crippen molar-refractivity contribution >= 4 is 11.4 Å². The highest BCUT2D eigenvalue weighted by Crippen LogP contribution is 2.62. The maximum Gasteiger partial charge on any atom is 0.111 e. The van der Waals surface area contributed by atoms with Crippen LogP contribution < -0.4 is 0 Å². The molecule has 0 radical (unpaired) electrons. The predicted molar refractivity (Wildman–Crippen MR) is 53.1 cm³/mol. The average molecular weight is 196 g/mol. The first-order valence-corrected chi connectivity index (χ1v) is 4.94. The van der Waals surface area contributed by atoms with Gasteiger partial charge in [0.2, 0.25) is 0 Å². The van der Waals surface area contributed by atoms with Gasteiger partial charge in [0.25, 0.3) is 0 Å². The van der Waals surface area contributed by atoms with Crippen LogP contribution in [-0.4, -0.2) is 21.8 Å². The Bertz CT molecular complexity index is 333. The van der Waals surface area contributed by atoms with Crippen molar-refractivity contribution in [1.82, 2.24) is 0 Å². The molecule has 0 aliphatic heterocycles. The zero-order valence-corrected chi connectivity index (χ0v) is 8.78. The maximum atomic E-state index is 8.98. The molecule has 2 saturated carbocycles. The van der Waals surface area contributed by atoms with E-state index >= 15 is 0 Å². The second-order valence-corrected chi connectivity index (χ2v) is 5.08. The van der Waals surface area contributed by atoms with Gasteiger partial charge in [0.05, 0.1) is 0 Å². The molecule has 2 N–H and O–H groups in total. The van der Waals surface area contributed by atoms with Crippen molar-refractivity contribution in [3.63, 3.8) is 0 Å². The number of nitrogens with zero attached hydrogens (tertiary/aromatic N) is 2. The Morgan fingerprint density at radius 1 is 1.21 bits per heavy atom. The van der Waals surface area contributed by atoms with Gasteiger partial charge in [0.1, 0.15) is 11.4 Å². The number of hydrogen-bond donors (Lipinski definition) is 2. The third kappa shape index (κ3) is 0.751. The van der Waals surface area contributed by atoms with Crippen molar-refractivity contribution in [2.24, 2.45) is 27.1 Å². The standard InChI is InChI=1S/C10H16N2O2/c1-9(2)6-4-5-10(9,3)8(12-14)7(6)11-13/h6,13-14H,4-5H2,1-3H3/b11-7+,12-8+/t6-,10-/m1/s1. The largest absolute Gasteiger partial charge is 0.411 e. The van der Waals surface area contributed by atoms with Crippen LogP contribution in [0, 0.1) is 16.7 Å². The van der Waals surface area contributed by atoms with E-state index in [1.165, 1.54) is 0 Å². The molecule has 2 aliphatic rings. The molecular weight excluding hydrogens is 180 g/mol. The minimum atomic E-state index is -0.145. The molecule has 2 aliphatic carbocycles. The summed E-state index contributed by atoms with van der Waals surface area (Å²) in [5.41, 5.74) is 1.02. The van der Waals surface area contributed by atoms with Crippen molar-refractivity contribution in [3.8, 4) is 0 Å². The molecule has 0 amide bonds. The SMILES string of the molecule is CC1(C)[C@@H]2CC[C@]1(C)C(=N/O)/C2=N/O. The third-order valence-electron chi connectivity index (χ3n) is 4.53. The summed E-state index contributed by atoms with van der Waals surface area (Å²) in [6, 6.07) is 0. The van der Waals surface area contributed by atoms with Crippen LogP contribution in [0.2, 0.25) is 0 Å².